The van der Waals surface area contributed by atoms with Crippen molar-refractivity contribution >= 4 is 5.91 Å². The van der Waals surface area contributed by atoms with Gasteiger partial charge in [-0.1, -0.05) is 30.3 Å². The Morgan fingerprint density at radius 3 is 2.70 bits per heavy atom. The molecule has 120 valence electrons. The lowest BCUT2D eigenvalue weighted by Gasteiger charge is -2.18. The lowest BCUT2D eigenvalue weighted by atomic mass is 10.1. The Hall–Kier alpha value is -2.49. The standard InChI is InChI=1S/C19H21NO3/c1-14-4-2-3-5-16(14)13-19(21)20-9-8-15-6-7-17-18(12-15)23-11-10-22-17/h2-7,12H,8-11,13H2,1H3,(H,20,21). The van der Waals surface area contributed by atoms with Gasteiger partial charge in [-0.3, -0.25) is 4.79 Å². The van der Waals surface area contributed by atoms with Crippen molar-refractivity contribution in [3.63, 3.8) is 0 Å². The van der Waals surface area contributed by atoms with Crippen LogP contribution in [-0.4, -0.2) is 25.7 Å². The molecule has 4 heteroatoms. The number of fused-ring (bicyclic) bond motifs is 1. The molecule has 0 radical (unpaired) electrons. The maximum atomic E-state index is 12.0. The fourth-order valence-electron chi connectivity index (χ4n) is 2.63. The van der Waals surface area contributed by atoms with E-state index in [0.717, 1.165) is 34.6 Å². The number of carbonyl (C=O) groups is 1. The minimum atomic E-state index is 0.0526. The molecule has 0 saturated heterocycles. The van der Waals surface area contributed by atoms with Gasteiger partial charge < -0.3 is 14.8 Å². The van der Waals surface area contributed by atoms with E-state index in [-0.39, 0.29) is 5.91 Å². The van der Waals surface area contributed by atoms with Crippen molar-refractivity contribution in [1.82, 2.24) is 5.32 Å². The zero-order valence-corrected chi connectivity index (χ0v) is 13.3. The first-order valence-corrected chi connectivity index (χ1v) is 7.92. The van der Waals surface area contributed by atoms with Gasteiger partial charge in [0.25, 0.3) is 0 Å². The van der Waals surface area contributed by atoms with Crippen LogP contribution in [-0.2, 0) is 17.6 Å². The van der Waals surface area contributed by atoms with Crippen molar-refractivity contribution in [3.8, 4) is 11.5 Å². The van der Waals surface area contributed by atoms with Crippen molar-refractivity contribution in [2.24, 2.45) is 0 Å². The monoisotopic (exact) mass is 311 g/mol. The number of ether oxygens (including phenoxy) is 2. The number of carbonyl (C=O) groups excluding carboxylic acids is 1. The molecule has 0 saturated carbocycles. The van der Waals surface area contributed by atoms with Crippen LogP contribution in [0.2, 0.25) is 0 Å². The fourth-order valence-corrected chi connectivity index (χ4v) is 2.63. The largest absolute Gasteiger partial charge is 0.486 e. The first-order chi connectivity index (χ1) is 11.2. The smallest absolute Gasteiger partial charge is 0.224 e. The van der Waals surface area contributed by atoms with Crippen LogP contribution >= 0.6 is 0 Å². The fraction of sp³-hybridized carbons (Fsp3) is 0.316. The summed E-state index contributed by atoms with van der Waals surface area (Å²) in [4.78, 5) is 12.0. The third kappa shape index (κ3) is 4.03. The molecule has 0 bridgehead atoms. The molecular weight excluding hydrogens is 290 g/mol. The maximum Gasteiger partial charge on any atom is 0.224 e. The summed E-state index contributed by atoms with van der Waals surface area (Å²) in [5, 5.41) is 2.98. The second-order valence-electron chi connectivity index (χ2n) is 5.68. The van der Waals surface area contributed by atoms with Crippen molar-refractivity contribution in [2.75, 3.05) is 19.8 Å². The summed E-state index contributed by atoms with van der Waals surface area (Å²) in [6, 6.07) is 13.9. The minimum Gasteiger partial charge on any atom is -0.486 e. The second-order valence-corrected chi connectivity index (χ2v) is 5.68. The van der Waals surface area contributed by atoms with E-state index in [0.29, 0.717) is 26.2 Å². The van der Waals surface area contributed by atoms with Crippen LogP contribution in [0.5, 0.6) is 11.5 Å². The predicted octanol–water partition coefficient (Wildman–Crippen LogP) is 2.67. The van der Waals surface area contributed by atoms with Gasteiger partial charge in [0.05, 0.1) is 6.42 Å². The summed E-state index contributed by atoms with van der Waals surface area (Å²) < 4.78 is 11.1. The normalized spacial score (nSPS) is 12.7. The van der Waals surface area contributed by atoms with Crippen molar-refractivity contribution in [2.45, 2.75) is 19.8 Å². The van der Waals surface area contributed by atoms with Gasteiger partial charge in [-0.25, -0.2) is 0 Å². The maximum absolute atomic E-state index is 12.0. The van der Waals surface area contributed by atoms with E-state index in [4.69, 9.17) is 9.47 Å². The molecule has 23 heavy (non-hydrogen) atoms. The average Bonchev–Trinajstić information content (AvgIpc) is 2.57. The van der Waals surface area contributed by atoms with Gasteiger partial charge in [0.2, 0.25) is 5.91 Å². The van der Waals surface area contributed by atoms with E-state index in [1.54, 1.807) is 0 Å². The summed E-state index contributed by atoms with van der Waals surface area (Å²) in [5.74, 6) is 1.64. The summed E-state index contributed by atoms with van der Waals surface area (Å²) in [6.07, 6.45) is 1.20. The van der Waals surface area contributed by atoms with Crippen molar-refractivity contribution in [1.29, 1.82) is 0 Å². The highest BCUT2D eigenvalue weighted by Crippen LogP contribution is 2.30. The molecule has 1 amide bonds. The summed E-state index contributed by atoms with van der Waals surface area (Å²) in [5.41, 5.74) is 3.35. The van der Waals surface area contributed by atoms with E-state index in [9.17, 15) is 4.79 Å². The molecule has 0 aliphatic carbocycles. The van der Waals surface area contributed by atoms with E-state index in [1.807, 2.05) is 49.4 Å². The van der Waals surface area contributed by atoms with Crippen LogP contribution in [0.25, 0.3) is 0 Å². The van der Waals surface area contributed by atoms with Gasteiger partial charge in [0.15, 0.2) is 11.5 Å². The highest BCUT2D eigenvalue weighted by atomic mass is 16.6. The molecule has 0 aromatic heterocycles. The predicted molar refractivity (Wildman–Crippen MR) is 89.0 cm³/mol. The highest BCUT2D eigenvalue weighted by Gasteiger charge is 2.11. The summed E-state index contributed by atoms with van der Waals surface area (Å²) in [7, 11) is 0. The van der Waals surface area contributed by atoms with Gasteiger partial charge >= 0.3 is 0 Å². The number of aryl methyl sites for hydroxylation is 1. The quantitative estimate of drug-likeness (QED) is 0.923. The zero-order chi connectivity index (χ0) is 16.1. The van der Waals surface area contributed by atoms with Crippen molar-refractivity contribution < 1.29 is 14.3 Å². The van der Waals surface area contributed by atoms with E-state index in [2.05, 4.69) is 5.32 Å². The van der Waals surface area contributed by atoms with Gasteiger partial charge in [0, 0.05) is 6.54 Å². The molecule has 2 aromatic carbocycles. The summed E-state index contributed by atoms with van der Waals surface area (Å²) in [6.45, 7) is 3.83. The van der Waals surface area contributed by atoms with Crippen LogP contribution in [0.15, 0.2) is 42.5 Å². The van der Waals surface area contributed by atoms with E-state index >= 15 is 0 Å². The molecule has 1 aliphatic heterocycles. The van der Waals surface area contributed by atoms with Gasteiger partial charge in [0.1, 0.15) is 13.2 Å². The van der Waals surface area contributed by atoms with Gasteiger partial charge in [-0.05, 0) is 42.2 Å². The van der Waals surface area contributed by atoms with Gasteiger partial charge in [-0.15, -0.1) is 0 Å². The first-order valence-electron chi connectivity index (χ1n) is 7.92. The lowest BCUT2D eigenvalue weighted by Crippen LogP contribution is -2.27. The van der Waals surface area contributed by atoms with Crippen LogP contribution in [0.1, 0.15) is 16.7 Å². The molecule has 3 rings (SSSR count). The molecule has 1 N–H and O–H groups in total. The Bertz CT molecular complexity index is 697. The Balaban J connectivity index is 1.49. The third-order valence-corrected chi connectivity index (χ3v) is 3.95. The third-order valence-electron chi connectivity index (χ3n) is 3.95. The number of nitrogens with one attached hydrogen (secondary N) is 1. The number of rotatable bonds is 5. The molecular formula is C19H21NO3. The number of hydrogen-bond donors (Lipinski definition) is 1. The zero-order valence-electron chi connectivity index (χ0n) is 13.3. The highest BCUT2D eigenvalue weighted by molar-refractivity contribution is 5.78. The molecule has 1 heterocycles. The van der Waals surface area contributed by atoms with E-state index < -0.39 is 0 Å². The Morgan fingerprint density at radius 2 is 1.87 bits per heavy atom. The van der Waals surface area contributed by atoms with Crippen LogP contribution < -0.4 is 14.8 Å². The lowest BCUT2D eigenvalue weighted by molar-refractivity contribution is -0.120. The van der Waals surface area contributed by atoms with Gasteiger partial charge in [-0.2, -0.15) is 0 Å². The SMILES string of the molecule is Cc1ccccc1CC(=O)NCCc1ccc2c(c1)OCCO2. The molecule has 0 spiro atoms. The van der Waals surface area contributed by atoms with Crippen LogP contribution in [0.3, 0.4) is 0 Å². The number of benzene rings is 2. The molecule has 2 aromatic rings. The number of hydrogen-bond acceptors (Lipinski definition) is 3. The molecule has 0 atom stereocenters. The Kier molecular flexibility index (Phi) is 4.81. The average molecular weight is 311 g/mol. The minimum absolute atomic E-state index is 0.0526. The molecule has 4 nitrogen and oxygen atoms in total. The van der Waals surface area contributed by atoms with Crippen LogP contribution in [0, 0.1) is 6.92 Å². The second kappa shape index (κ2) is 7.18. The van der Waals surface area contributed by atoms with Crippen molar-refractivity contribution in [3.05, 3.63) is 59.2 Å². The molecule has 0 fully saturated rings. The topological polar surface area (TPSA) is 47.6 Å². The summed E-state index contributed by atoms with van der Waals surface area (Å²) >= 11 is 0. The molecule has 1 aliphatic rings. The van der Waals surface area contributed by atoms with E-state index in [1.165, 1.54) is 0 Å². The first kappa shape index (κ1) is 15.4. The molecule has 0 unspecified atom stereocenters. The Labute approximate surface area is 136 Å². The Morgan fingerprint density at radius 1 is 1.09 bits per heavy atom. The number of amides is 1. The van der Waals surface area contributed by atoms with Crippen LogP contribution in [0.4, 0.5) is 0 Å².